The number of carbonyl (C=O) groups is 3. The molecule has 0 bridgehead atoms. The molecule has 4 atom stereocenters. The molecule has 7 rings (SSSR count). The summed E-state index contributed by atoms with van der Waals surface area (Å²) in [6.45, 7) is 4.45. The molecule has 4 unspecified atom stereocenters. The van der Waals surface area contributed by atoms with Crippen LogP contribution in [0, 0.1) is 11.7 Å². The van der Waals surface area contributed by atoms with E-state index in [0.717, 1.165) is 6.42 Å². The molecule has 7 nitrogen and oxygen atoms in total. The smallest absolute Gasteiger partial charge is 0.251 e. The predicted octanol–water partition coefficient (Wildman–Crippen LogP) is 4.41. The second-order valence-electron chi connectivity index (χ2n) is 10.5. The standard InChI is InChI=1S/C31H26FN3O4/c1-2-15-39-20-8-5-7-18(16-20)27(36)26-25-11-6-14-35(25)31(22-17-19(32)12-13-24(22)34-29(31)38)30(26)21-9-3-4-10-23(21)33-28(30)37/h2-5,7-10,12-13,16-17,25-26H,1,6,11,14-15H2,(H,33,37)(H,34,38). The Hall–Kier alpha value is -4.30. The number of hydrogen-bond donors (Lipinski definition) is 2. The van der Waals surface area contributed by atoms with Crippen molar-refractivity contribution in [2.24, 2.45) is 5.92 Å². The first kappa shape index (κ1) is 23.8. The average molecular weight is 524 g/mol. The molecule has 2 amide bonds. The first-order chi connectivity index (χ1) is 18.9. The number of benzene rings is 3. The zero-order valence-corrected chi connectivity index (χ0v) is 21.1. The van der Waals surface area contributed by atoms with Crippen molar-refractivity contribution in [2.45, 2.75) is 29.8 Å². The summed E-state index contributed by atoms with van der Waals surface area (Å²) in [5.41, 5.74) is -0.844. The SMILES string of the molecule is C=CCOc1cccc(C(=O)C2C3CCCN3C3(C(=O)Nc4ccc(F)cc43)C23C(=O)Nc2ccccc23)c1. The maximum Gasteiger partial charge on any atom is 0.251 e. The fourth-order valence-electron chi connectivity index (χ4n) is 7.62. The van der Waals surface area contributed by atoms with Crippen molar-refractivity contribution in [3.05, 3.63) is 102 Å². The molecule has 8 heteroatoms. The van der Waals surface area contributed by atoms with E-state index >= 15 is 0 Å². The van der Waals surface area contributed by atoms with E-state index < -0.39 is 40.5 Å². The first-order valence-electron chi connectivity index (χ1n) is 13.1. The molecule has 2 saturated heterocycles. The van der Waals surface area contributed by atoms with Crippen molar-refractivity contribution in [1.82, 2.24) is 4.90 Å². The van der Waals surface area contributed by atoms with Gasteiger partial charge < -0.3 is 15.4 Å². The third-order valence-electron chi connectivity index (χ3n) is 8.83. The highest BCUT2D eigenvalue weighted by molar-refractivity contribution is 6.21. The van der Waals surface area contributed by atoms with E-state index in [0.29, 0.717) is 46.8 Å². The molecule has 0 aromatic heterocycles. The van der Waals surface area contributed by atoms with Crippen molar-refractivity contribution >= 4 is 29.0 Å². The van der Waals surface area contributed by atoms with Crippen LogP contribution in [0.2, 0.25) is 0 Å². The molecule has 0 saturated carbocycles. The van der Waals surface area contributed by atoms with Crippen LogP contribution in [0.3, 0.4) is 0 Å². The quantitative estimate of drug-likeness (QED) is 0.382. The summed E-state index contributed by atoms with van der Waals surface area (Å²) in [5, 5.41) is 5.92. The summed E-state index contributed by atoms with van der Waals surface area (Å²) >= 11 is 0. The minimum absolute atomic E-state index is 0.252. The number of fused-ring (bicyclic) bond motifs is 7. The number of anilines is 2. The van der Waals surface area contributed by atoms with Gasteiger partial charge in [0.2, 0.25) is 5.91 Å². The van der Waals surface area contributed by atoms with Crippen molar-refractivity contribution < 1.29 is 23.5 Å². The number of para-hydroxylation sites is 1. The maximum absolute atomic E-state index is 14.9. The topological polar surface area (TPSA) is 87.7 Å². The second kappa shape index (κ2) is 8.35. The molecule has 2 fully saturated rings. The minimum Gasteiger partial charge on any atom is -0.490 e. The van der Waals surface area contributed by atoms with Crippen molar-refractivity contribution in [3.8, 4) is 5.75 Å². The Bertz CT molecular complexity index is 1590. The van der Waals surface area contributed by atoms with Crippen molar-refractivity contribution in [2.75, 3.05) is 23.8 Å². The lowest BCUT2D eigenvalue weighted by Gasteiger charge is -2.43. The van der Waals surface area contributed by atoms with Crippen LogP contribution in [0.4, 0.5) is 15.8 Å². The molecule has 3 aromatic carbocycles. The first-order valence-corrected chi connectivity index (χ1v) is 13.1. The Kier molecular flexibility index (Phi) is 5.09. The Morgan fingerprint density at radius 3 is 2.67 bits per heavy atom. The van der Waals surface area contributed by atoms with Gasteiger partial charge in [0.15, 0.2) is 5.78 Å². The Labute approximate surface area is 224 Å². The van der Waals surface area contributed by atoms with E-state index in [2.05, 4.69) is 17.2 Å². The molecule has 2 spiro atoms. The molecular weight excluding hydrogens is 497 g/mol. The van der Waals surface area contributed by atoms with Gasteiger partial charge in [-0.25, -0.2) is 4.39 Å². The summed E-state index contributed by atoms with van der Waals surface area (Å²) < 4.78 is 20.6. The monoisotopic (exact) mass is 523 g/mol. The van der Waals surface area contributed by atoms with Crippen LogP contribution in [-0.4, -0.2) is 41.7 Å². The third-order valence-corrected chi connectivity index (χ3v) is 8.83. The number of Topliss-reactive ketones (excluding diaryl/α,β-unsaturated/α-hetero) is 1. The summed E-state index contributed by atoms with van der Waals surface area (Å²) in [6.07, 6.45) is 2.99. The number of halogens is 1. The van der Waals surface area contributed by atoms with Crippen molar-refractivity contribution in [1.29, 1.82) is 0 Å². The zero-order chi connectivity index (χ0) is 26.9. The lowest BCUT2D eigenvalue weighted by molar-refractivity contribution is -0.137. The van der Waals surface area contributed by atoms with E-state index in [4.69, 9.17) is 4.74 Å². The van der Waals surface area contributed by atoms with Gasteiger partial charge in [0.25, 0.3) is 5.91 Å². The lowest BCUT2D eigenvalue weighted by atomic mass is 9.57. The number of ketones is 1. The Balaban J connectivity index is 1.52. The highest BCUT2D eigenvalue weighted by Crippen LogP contribution is 2.67. The number of rotatable bonds is 5. The van der Waals surface area contributed by atoms with Crippen LogP contribution in [0.25, 0.3) is 0 Å². The molecule has 4 aliphatic heterocycles. The number of amides is 2. The molecule has 4 aliphatic rings. The van der Waals surface area contributed by atoms with E-state index in [1.807, 2.05) is 17.0 Å². The lowest BCUT2D eigenvalue weighted by Crippen LogP contribution is -2.62. The van der Waals surface area contributed by atoms with Crippen LogP contribution in [-0.2, 0) is 20.5 Å². The second-order valence-corrected chi connectivity index (χ2v) is 10.5. The average Bonchev–Trinajstić information content (AvgIpc) is 3.66. The third kappa shape index (κ3) is 2.87. The van der Waals surface area contributed by atoms with Gasteiger partial charge in [0.1, 0.15) is 29.1 Å². The predicted molar refractivity (Wildman–Crippen MR) is 143 cm³/mol. The summed E-state index contributed by atoms with van der Waals surface area (Å²) in [7, 11) is 0. The zero-order valence-electron chi connectivity index (χ0n) is 21.1. The molecule has 0 aliphatic carbocycles. The minimum atomic E-state index is -1.62. The fourth-order valence-corrected chi connectivity index (χ4v) is 7.62. The molecule has 39 heavy (non-hydrogen) atoms. The van der Waals surface area contributed by atoms with Gasteiger partial charge in [0, 0.05) is 28.5 Å². The molecule has 196 valence electrons. The van der Waals surface area contributed by atoms with E-state index in [1.54, 1.807) is 42.5 Å². The van der Waals surface area contributed by atoms with Crippen molar-refractivity contribution in [3.63, 3.8) is 0 Å². The van der Waals surface area contributed by atoms with E-state index in [9.17, 15) is 18.8 Å². The van der Waals surface area contributed by atoms with Gasteiger partial charge >= 0.3 is 0 Å². The number of carbonyl (C=O) groups excluding carboxylic acids is 3. The van der Waals surface area contributed by atoms with Crippen LogP contribution in [0.15, 0.2) is 79.4 Å². The van der Waals surface area contributed by atoms with Gasteiger partial charge in [-0.3, -0.25) is 19.3 Å². The van der Waals surface area contributed by atoms with Gasteiger partial charge in [-0.1, -0.05) is 43.0 Å². The van der Waals surface area contributed by atoms with E-state index in [-0.39, 0.29) is 12.4 Å². The highest BCUT2D eigenvalue weighted by atomic mass is 19.1. The molecule has 3 aromatic rings. The Morgan fingerprint density at radius 2 is 1.82 bits per heavy atom. The van der Waals surface area contributed by atoms with Crippen LogP contribution in [0.1, 0.15) is 34.3 Å². The molecule has 0 radical (unpaired) electrons. The van der Waals surface area contributed by atoms with Crippen LogP contribution < -0.4 is 15.4 Å². The van der Waals surface area contributed by atoms with Gasteiger partial charge in [-0.2, -0.15) is 0 Å². The molecule has 4 heterocycles. The number of hydrogen-bond acceptors (Lipinski definition) is 5. The summed E-state index contributed by atoms with van der Waals surface area (Å²) in [4.78, 5) is 45.4. The maximum atomic E-state index is 14.9. The van der Waals surface area contributed by atoms with E-state index in [1.165, 1.54) is 18.2 Å². The number of ether oxygens (including phenoxy) is 1. The Morgan fingerprint density at radius 1 is 1.03 bits per heavy atom. The summed E-state index contributed by atoms with van der Waals surface area (Å²) in [6, 6.07) is 17.8. The largest absolute Gasteiger partial charge is 0.490 e. The summed E-state index contributed by atoms with van der Waals surface area (Å²) in [5.74, 6) is -2.00. The number of nitrogens with zero attached hydrogens (tertiary/aromatic N) is 1. The van der Waals surface area contributed by atoms with Crippen LogP contribution >= 0.6 is 0 Å². The van der Waals surface area contributed by atoms with Gasteiger partial charge in [0.05, 0.1) is 5.92 Å². The molecular formula is C31H26FN3O4. The fraction of sp³-hybridized carbons (Fsp3) is 0.258. The number of nitrogens with one attached hydrogen (secondary N) is 2. The van der Waals surface area contributed by atoms with Gasteiger partial charge in [-0.15, -0.1) is 0 Å². The highest BCUT2D eigenvalue weighted by Gasteiger charge is 2.81. The van der Waals surface area contributed by atoms with Gasteiger partial charge in [-0.05, 0) is 61.3 Å². The molecule has 2 N–H and O–H groups in total. The van der Waals surface area contributed by atoms with Crippen LogP contribution in [0.5, 0.6) is 5.75 Å². The normalized spacial score (nSPS) is 28.2.